The summed E-state index contributed by atoms with van der Waals surface area (Å²) in [6.07, 6.45) is 5.06. The Balaban J connectivity index is 1.29. The SMILES string of the molecule is Cn1nc(C2CC3CC(N4CCCNC(=O)C4)CC3C2)c(C(=O)Nc2ccc(F)c(Cl)c2)c1N. The quantitative estimate of drug-likeness (QED) is 0.613. The van der Waals surface area contributed by atoms with E-state index in [0.29, 0.717) is 41.5 Å². The van der Waals surface area contributed by atoms with Gasteiger partial charge in [0.1, 0.15) is 17.2 Å². The molecule has 2 heterocycles. The third-order valence-electron chi connectivity index (χ3n) is 7.71. The first kappa shape index (κ1) is 23.1. The predicted octanol–water partition coefficient (Wildman–Crippen LogP) is 3.14. The highest BCUT2D eigenvalue weighted by Crippen LogP contribution is 2.52. The molecule has 10 heteroatoms. The van der Waals surface area contributed by atoms with E-state index in [2.05, 4.69) is 20.6 Å². The molecule has 2 unspecified atom stereocenters. The second kappa shape index (κ2) is 9.19. The molecule has 0 spiro atoms. The fourth-order valence-corrected chi connectivity index (χ4v) is 6.27. The first-order valence-electron chi connectivity index (χ1n) is 11.9. The van der Waals surface area contributed by atoms with Crippen LogP contribution in [0.15, 0.2) is 18.2 Å². The maximum absolute atomic E-state index is 13.5. The summed E-state index contributed by atoms with van der Waals surface area (Å²) in [5.41, 5.74) is 7.76. The van der Waals surface area contributed by atoms with E-state index < -0.39 is 5.82 Å². The summed E-state index contributed by atoms with van der Waals surface area (Å²) < 4.78 is 15.0. The number of nitrogens with two attached hydrogens (primary N) is 1. The number of hydrogen-bond donors (Lipinski definition) is 3. The summed E-state index contributed by atoms with van der Waals surface area (Å²) in [5, 5.41) is 10.3. The zero-order valence-corrected chi connectivity index (χ0v) is 19.9. The molecule has 2 aliphatic carbocycles. The van der Waals surface area contributed by atoms with Crippen LogP contribution in [0.4, 0.5) is 15.9 Å². The van der Waals surface area contributed by atoms with Crippen LogP contribution in [0, 0.1) is 17.7 Å². The lowest BCUT2D eigenvalue weighted by Crippen LogP contribution is -2.39. The summed E-state index contributed by atoms with van der Waals surface area (Å²) in [6, 6.07) is 4.51. The Kier molecular flexibility index (Phi) is 6.24. The van der Waals surface area contributed by atoms with E-state index in [1.807, 2.05) is 0 Å². The molecular weight excluding hydrogens is 459 g/mol. The van der Waals surface area contributed by atoms with Crippen LogP contribution in [0.2, 0.25) is 5.02 Å². The van der Waals surface area contributed by atoms with Gasteiger partial charge in [-0.3, -0.25) is 19.2 Å². The fraction of sp³-hybridized carbons (Fsp3) is 0.542. The molecule has 5 rings (SSSR count). The molecule has 2 saturated carbocycles. The van der Waals surface area contributed by atoms with Crippen LogP contribution >= 0.6 is 11.6 Å². The van der Waals surface area contributed by atoms with Crippen LogP contribution < -0.4 is 16.4 Å². The van der Waals surface area contributed by atoms with Gasteiger partial charge in [0.2, 0.25) is 5.91 Å². The van der Waals surface area contributed by atoms with E-state index in [1.54, 1.807) is 11.7 Å². The average Bonchev–Trinajstić information content (AvgIpc) is 3.39. The first-order valence-corrected chi connectivity index (χ1v) is 12.3. The summed E-state index contributed by atoms with van der Waals surface area (Å²) in [4.78, 5) is 27.5. The van der Waals surface area contributed by atoms with Crippen molar-refractivity contribution < 1.29 is 14.0 Å². The van der Waals surface area contributed by atoms with Crippen LogP contribution in [-0.2, 0) is 11.8 Å². The van der Waals surface area contributed by atoms with Crippen molar-refractivity contribution in [2.75, 3.05) is 30.7 Å². The molecule has 0 radical (unpaired) electrons. The lowest BCUT2D eigenvalue weighted by Gasteiger charge is -2.27. The number of amides is 2. The van der Waals surface area contributed by atoms with Crippen molar-refractivity contribution in [1.82, 2.24) is 20.0 Å². The van der Waals surface area contributed by atoms with Crippen molar-refractivity contribution in [1.29, 1.82) is 0 Å². The van der Waals surface area contributed by atoms with Crippen molar-refractivity contribution in [2.45, 2.75) is 44.1 Å². The van der Waals surface area contributed by atoms with Crippen LogP contribution in [0.1, 0.15) is 54.1 Å². The van der Waals surface area contributed by atoms with Gasteiger partial charge >= 0.3 is 0 Å². The van der Waals surface area contributed by atoms with E-state index in [-0.39, 0.29) is 22.8 Å². The molecule has 2 amide bonds. The number of carbonyl (C=O) groups excluding carboxylic acids is 2. The van der Waals surface area contributed by atoms with Crippen LogP contribution in [-0.4, -0.2) is 52.2 Å². The molecule has 3 aliphatic rings. The summed E-state index contributed by atoms with van der Waals surface area (Å²) in [5.74, 6) is 0.782. The zero-order chi connectivity index (χ0) is 24.0. The van der Waals surface area contributed by atoms with Crippen LogP contribution in [0.3, 0.4) is 0 Å². The highest BCUT2D eigenvalue weighted by molar-refractivity contribution is 6.31. The number of aromatic nitrogens is 2. The third kappa shape index (κ3) is 4.38. The summed E-state index contributed by atoms with van der Waals surface area (Å²) >= 11 is 5.86. The normalized spacial score (nSPS) is 27.3. The van der Waals surface area contributed by atoms with Crippen molar-refractivity contribution in [3.05, 3.63) is 40.3 Å². The topological polar surface area (TPSA) is 105 Å². The Morgan fingerprint density at radius 3 is 2.71 bits per heavy atom. The van der Waals surface area contributed by atoms with Gasteiger partial charge in [-0.1, -0.05) is 11.6 Å². The molecule has 1 aliphatic heterocycles. The van der Waals surface area contributed by atoms with Gasteiger partial charge < -0.3 is 16.4 Å². The third-order valence-corrected chi connectivity index (χ3v) is 8.00. The second-order valence-electron chi connectivity index (χ2n) is 9.84. The number of aryl methyl sites for hydroxylation is 1. The molecule has 3 fully saturated rings. The van der Waals surface area contributed by atoms with Crippen molar-refractivity contribution in [3.63, 3.8) is 0 Å². The number of nitrogens with one attached hydrogen (secondary N) is 2. The number of benzene rings is 1. The second-order valence-corrected chi connectivity index (χ2v) is 10.2. The Labute approximate surface area is 203 Å². The van der Waals surface area contributed by atoms with Gasteiger partial charge in [-0.05, 0) is 62.1 Å². The van der Waals surface area contributed by atoms with Gasteiger partial charge in [-0.15, -0.1) is 0 Å². The van der Waals surface area contributed by atoms with E-state index in [9.17, 15) is 14.0 Å². The number of hydrogen-bond acceptors (Lipinski definition) is 5. The molecule has 1 aromatic carbocycles. The summed E-state index contributed by atoms with van der Waals surface area (Å²) in [7, 11) is 1.74. The van der Waals surface area contributed by atoms with Crippen molar-refractivity contribution in [3.8, 4) is 0 Å². The maximum Gasteiger partial charge on any atom is 0.261 e. The molecule has 8 nitrogen and oxygen atoms in total. The zero-order valence-electron chi connectivity index (χ0n) is 19.2. The lowest BCUT2D eigenvalue weighted by molar-refractivity contribution is -0.121. The minimum Gasteiger partial charge on any atom is -0.383 e. The smallest absolute Gasteiger partial charge is 0.261 e. The Morgan fingerprint density at radius 2 is 2.00 bits per heavy atom. The highest BCUT2D eigenvalue weighted by atomic mass is 35.5. The van der Waals surface area contributed by atoms with Gasteiger partial charge in [0, 0.05) is 37.8 Å². The average molecular weight is 489 g/mol. The number of carbonyl (C=O) groups is 2. The number of anilines is 2. The minimum atomic E-state index is -0.544. The van der Waals surface area contributed by atoms with Crippen LogP contribution in [0.5, 0.6) is 0 Å². The van der Waals surface area contributed by atoms with Gasteiger partial charge in [-0.25, -0.2) is 4.39 Å². The first-order chi connectivity index (χ1) is 16.3. The molecule has 1 aromatic heterocycles. The van der Waals surface area contributed by atoms with Gasteiger partial charge in [0.15, 0.2) is 0 Å². The number of nitrogens with zero attached hydrogens (tertiary/aromatic N) is 3. The van der Waals surface area contributed by atoms with Gasteiger partial charge in [0.25, 0.3) is 5.91 Å². The maximum atomic E-state index is 13.5. The number of nitrogen functional groups attached to an aromatic ring is 1. The van der Waals surface area contributed by atoms with Gasteiger partial charge in [0.05, 0.1) is 17.3 Å². The largest absolute Gasteiger partial charge is 0.383 e. The fourth-order valence-electron chi connectivity index (χ4n) is 6.09. The van der Waals surface area contributed by atoms with Crippen LogP contribution in [0.25, 0.3) is 0 Å². The number of rotatable bonds is 4. The molecule has 0 bridgehead atoms. The number of fused-ring (bicyclic) bond motifs is 1. The van der Waals surface area contributed by atoms with Crippen molar-refractivity contribution in [2.24, 2.45) is 18.9 Å². The molecule has 4 N–H and O–H groups in total. The molecule has 1 saturated heterocycles. The molecule has 182 valence electrons. The molecule has 2 atom stereocenters. The van der Waals surface area contributed by atoms with E-state index in [4.69, 9.17) is 17.3 Å². The van der Waals surface area contributed by atoms with Crippen molar-refractivity contribution >= 4 is 34.9 Å². The predicted molar refractivity (Wildman–Crippen MR) is 128 cm³/mol. The Hall–Kier alpha value is -2.65. The number of halogens is 2. The highest BCUT2D eigenvalue weighted by Gasteiger charge is 2.45. The molecule has 2 aromatic rings. The summed E-state index contributed by atoms with van der Waals surface area (Å²) in [6.45, 7) is 2.20. The monoisotopic (exact) mass is 488 g/mol. The van der Waals surface area contributed by atoms with E-state index in [0.717, 1.165) is 50.9 Å². The van der Waals surface area contributed by atoms with Gasteiger partial charge in [-0.2, -0.15) is 5.10 Å². The minimum absolute atomic E-state index is 0.0581. The molecular formula is C24H30ClFN6O2. The Morgan fingerprint density at radius 1 is 1.26 bits per heavy atom. The van der Waals surface area contributed by atoms with E-state index in [1.165, 1.54) is 18.2 Å². The molecule has 34 heavy (non-hydrogen) atoms. The lowest BCUT2D eigenvalue weighted by atomic mass is 9.95. The standard InChI is InChI=1S/C24H30ClFN6O2/c1-31-23(27)21(24(34)29-16-3-4-19(26)18(25)11-16)22(30-31)15-7-13-9-17(10-14(13)8-15)32-6-2-5-28-20(33)12-32/h3-4,11,13-15,17H,2,5-10,12,27H2,1H3,(H,28,33)(H,29,34). The Bertz CT molecular complexity index is 1110. The van der Waals surface area contributed by atoms with E-state index >= 15 is 0 Å².